The van der Waals surface area contributed by atoms with Gasteiger partial charge in [0.15, 0.2) is 11.6 Å². The van der Waals surface area contributed by atoms with Crippen molar-refractivity contribution in [1.29, 1.82) is 0 Å². The van der Waals surface area contributed by atoms with Gasteiger partial charge in [-0.3, -0.25) is 0 Å². The third kappa shape index (κ3) is 4.88. The van der Waals surface area contributed by atoms with Crippen LogP contribution in [0.3, 0.4) is 0 Å². The molecule has 4 rings (SSSR count). The van der Waals surface area contributed by atoms with Crippen LogP contribution in [0.2, 0.25) is 5.02 Å². The highest BCUT2D eigenvalue weighted by Crippen LogP contribution is 2.41. The van der Waals surface area contributed by atoms with E-state index >= 15 is 4.39 Å². The highest BCUT2D eigenvalue weighted by atomic mass is 35.5. The van der Waals surface area contributed by atoms with Crippen molar-refractivity contribution in [3.8, 4) is 11.4 Å². The quantitative estimate of drug-likeness (QED) is 0.472. The smallest absolute Gasteiger partial charge is 0.171 e. The fraction of sp³-hybridized carbons (Fsp3) is 0.348. The SMILES string of the molecule is COC1(c2cc(Cl)cc(OCc3ccc(-n4ccnc4C)cc3)c2F)CCOCC1.Cl. The first kappa shape index (κ1) is 23.5. The van der Waals surface area contributed by atoms with Gasteiger partial charge in [0.25, 0.3) is 0 Å². The molecule has 1 fully saturated rings. The molecule has 2 aromatic carbocycles. The number of imidazole rings is 1. The van der Waals surface area contributed by atoms with Gasteiger partial charge in [0, 0.05) is 67.9 Å². The van der Waals surface area contributed by atoms with Crippen LogP contribution in [-0.4, -0.2) is 29.9 Å². The van der Waals surface area contributed by atoms with Crippen LogP contribution >= 0.6 is 24.0 Å². The number of hydrogen-bond donors (Lipinski definition) is 0. The Morgan fingerprint density at radius 3 is 2.52 bits per heavy atom. The first-order valence-electron chi connectivity index (χ1n) is 9.87. The van der Waals surface area contributed by atoms with Crippen molar-refractivity contribution in [2.45, 2.75) is 32.0 Å². The summed E-state index contributed by atoms with van der Waals surface area (Å²) in [7, 11) is 1.59. The van der Waals surface area contributed by atoms with E-state index < -0.39 is 11.4 Å². The molecule has 2 heterocycles. The van der Waals surface area contributed by atoms with Crippen LogP contribution in [0.4, 0.5) is 4.39 Å². The van der Waals surface area contributed by atoms with Gasteiger partial charge in [-0.25, -0.2) is 9.37 Å². The fourth-order valence-electron chi connectivity index (χ4n) is 3.85. The van der Waals surface area contributed by atoms with Gasteiger partial charge in [-0.2, -0.15) is 0 Å². The summed E-state index contributed by atoms with van der Waals surface area (Å²) in [6.07, 6.45) is 4.80. The topological polar surface area (TPSA) is 45.5 Å². The molecular formula is C23H25Cl2FN2O3. The highest BCUT2D eigenvalue weighted by molar-refractivity contribution is 6.30. The summed E-state index contributed by atoms with van der Waals surface area (Å²) in [6, 6.07) is 11.0. The fourth-order valence-corrected chi connectivity index (χ4v) is 4.06. The second-order valence-electron chi connectivity index (χ2n) is 7.38. The predicted octanol–water partition coefficient (Wildman–Crippen LogP) is 5.63. The van der Waals surface area contributed by atoms with E-state index in [1.54, 1.807) is 19.4 Å². The van der Waals surface area contributed by atoms with Crippen LogP contribution < -0.4 is 4.74 Å². The molecule has 0 spiro atoms. The number of aryl methyl sites for hydroxylation is 1. The minimum absolute atomic E-state index is 0. The lowest BCUT2D eigenvalue weighted by Crippen LogP contribution is -2.36. The molecule has 0 aliphatic carbocycles. The zero-order valence-corrected chi connectivity index (χ0v) is 19.0. The molecule has 166 valence electrons. The average molecular weight is 467 g/mol. The number of rotatable bonds is 6. The summed E-state index contributed by atoms with van der Waals surface area (Å²) in [5.41, 5.74) is 1.59. The van der Waals surface area contributed by atoms with Crippen LogP contribution in [0.5, 0.6) is 5.75 Å². The number of methoxy groups -OCH3 is 1. The number of benzene rings is 2. The molecule has 8 heteroatoms. The molecular weight excluding hydrogens is 442 g/mol. The maximum Gasteiger partial charge on any atom is 0.171 e. The van der Waals surface area contributed by atoms with Crippen molar-refractivity contribution in [3.05, 3.63) is 76.6 Å². The summed E-state index contributed by atoms with van der Waals surface area (Å²) >= 11 is 6.29. The Hall–Kier alpha value is -2.12. The second kappa shape index (κ2) is 10.0. The van der Waals surface area contributed by atoms with Crippen molar-refractivity contribution in [1.82, 2.24) is 9.55 Å². The molecule has 1 aliphatic heterocycles. The van der Waals surface area contributed by atoms with Crippen molar-refractivity contribution in [3.63, 3.8) is 0 Å². The summed E-state index contributed by atoms with van der Waals surface area (Å²) in [5, 5.41) is 0.412. The summed E-state index contributed by atoms with van der Waals surface area (Å²) in [5.74, 6) is 0.594. The Balaban J connectivity index is 0.00000272. The number of ether oxygens (including phenoxy) is 3. The molecule has 5 nitrogen and oxygen atoms in total. The molecule has 3 aromatic rings. The molecule has 1 aliphatic rings. The number of aromatic nitrogens is 2. The van der Waals surface area contributed by atoms with Crippen LogP contribution in [0.25, 0.3) is 5.69 Å². The Bertz CT molecular complexity index is 1020. The highest BCUT2D eigenvalue weighted by Gasteiger charge is 2.38. The first-order chi connectivity index (χ1) is 14.5. The van der Waals surface area contributed by atoms with Crippen molar-refractivity contribution < 1.29 is 18.6 Å². The minimum Gasteiger partial charge on any atom is -0.486 e. The van der Waals surface area contributed by atoms with E-state index in [2.05, 4.69) is 4.98 Å². The molecule has 31 heavy (non-hydrogen) atoms. The average Bonchev–Trinajstić information content (AvgIpc) is 3.20. The largest absolute Gasteiger partial charge is 0.486 e. The van der Waals surface area contributed by atoms with Crippen LogP contribution in [0, 0.1) is 12.7 Å². The second-order valence-corrected chi connectivity index (χ2v) is 7.81. The molecule has 1 aromatic heterocycles. The normalized spacial score (nSPS) is 15.4. The van der Waals surface area contributed by atoms with E-state index in [0.29, 0.717) is 36.6 Å². The Labute approximate surface area is 192 Å². The van der Waals surface area contributed by atoms with Gasteiger partial charge in [-0.1, -0.05) is 23.7 Å². The third-order valence-electron chi connectivity index (χ3n) is 5.62. The first-order valence-corrected chi connectivity index (χ1v) is 10.2. The van der Waals surface area contributed by atoms with E-state index in [1.807, 2.05) is 42.0 Å². The van der Waals surface area contributed by atoms with Crippen molar-refractivity contribution in [2.75, 3.05) is 20.3 Å². The van der Waals surface area contributed by atoms with E-state index in [0.717, 1.165) is 17.1 Å². The Kier molecular flexibility index (Phi) is 7.59. The zero-order chi connectivity index (χ0) is 21.1. The molecule has 0 bridgehead atoms. The van der Waals surface area contributed by atoms with Gasteiger partial charge in [0.2, 0.25) is 0 Å². The van der Waals surface area contributed by atoms with Crippen LogP contribution in [0.1, 0.15) is 29.8 Å². The Morgan fingerprint density at radius 2 is 1.90 bits per heavy atom. The van der Waals surface area contributed by atoms with Gasteiger partial charge in [-0.15, -0.1) is 12.4 Å². The minimum atomic E-state index is -0.754. The van der Waals surface area contributed by atoms with Crippen molar-refractivity contribution >= 4 is 24.0 Å². The van der Waals surface area contributed by atoms with Gasteiger partial charge >= 0.3 is 0 Å². The molecule has 0 radical (unpaired) electrons. The lowest BCUT2D eigenvalue weighted by Gasteiger charge is -2.36. The number of nitrogens with zero attached hydrogens (tertiary/aromatic N) is 2. The lowest BCUT2D eigenvalue weighted by molar-refractivity contribution is -0.0967. The molecule has 0 unspecified atom stereocenters. The molecule has 0 atom stereocenters. The van der Waals surface area contributed by atoms with Crippen LogP contribution in [-0.2, 0) is 21.7 Å². The van der Waals surface area contributed by atoms with Gasteiger partial charge in [0.1, 0.15) is 18.0 Å². The zero-order valence-electron chi connectivity index (χ0n) is 17.4. The number of hydrogen-bond acceptors (Lipinski definition) is 4. The monoisotopic (exact) mass is 466 g/mol. The summed E-state index contributed by atoms with van der Waals surface area (Å²) in [6.45, 7) is 3.20. The third-order valence-corrected chi connectivity index (χ3v) is 5.84. The summed E-state index contributed by atoms with van der Waals surface area (Å²) in [4.78, 5) is 4.23. The standard InChI is InChI=1S/C23H24ClFN2O3.ClH/c1-16-26-9-10-27(16)19-5-3-17(4-6-19)15-30-21-14-18(24)13-20(22(21)25)23(28-2)7-11-29-12-8-23;/h3-6,9-10,13-14H,7-8,11-12,15H2,1-2H3;1H. The maximum absolute atomic E-state index is 15.4. The molecule has 1 saturated heterocycles. The van der Waals surface area contributed by atoms with E-state index in [9.17, 15) is 0 Å². The van der Waals surface area contributed by atoms with E-state index in [1.165, 1.54) is 6.07 Å². The number of halogens is 3. The maximum atomic E-state index is 15.4. The lowest BCUT2D eigenvalue weighted by atomic mass is 9.85. The molecule has 0 saturated carbocycles. The molecule has 0 N–H and O–H groups in total. The Morgan fingerprint density at radius 1 is 1.19 bits per heavy atom. The van der Waals surface area contributed by atoms with Crippen molar-refractivity contribution in [2.24, 2.45) is 0 Å². The van der Waals surface area contributed by atoms with Gasteiger partial charge < -0.3 is 18.8 Å². The van der Waals surface area contributed by atoms with E-state index in [4.69, 9.17) is 25.8 Å². The van der Waals surface area contributed by atoms with Gasteiger partial charge in [0.05, 0.1) is 0 Å². The van der Waals surface area contributed by atoms with E-state index in [-0.39, 0.29) is 24.8 Å². The van der Waals surface area contributed by atoms with Gasteiger partial charge in [-0.05, 0) is 30.7 Å². The van der Waals surface area contributed by atoms with Crippen LogP contribution in [0.15, 0.2) is 48.8 Å². The summed E-state index contributed by atoms with van der Waals surface area (Å²) < 4.78 is 34.3. The molecule has 0 amide bonds. The predicted molar refractivity (Wildman–Crippen MR) is 120 cm³/mol.